The molecule has 0 aromatic heterocycles. The van der Waals surface area contributed by atoms with Gasteiger partial charge in [0.2, 0.25) is 0 Å². The van der Waals surface area contributed by atoms with Crippen molar-refractivity contribution in [2.45, 2.75) is 20.3 Å². The highest BCUT2D eigenvalue weighted by molar-refractivity contribution is 6.03. The van der Waals surface area contributed by atoms with Crippen molar-refractivity contribution in [2.75, 3.05) is 7.05 Å². The summed E-state index contributed by atoms with van der Waals surface area (Å²) in [7, 11) is 1.69. The van der Waals surface area contributed by atoms with Crippen LogP contribution in [0.5, 0.6) is 11.5 Å². The minimum Gasteiger partial charge on any atom is -0.508 e. The highest BCUT2D eigenvalue weighted by Gasteiger charge is 2.11. The summed E-state index contributed by atoms with van der Waals surface area (Å²) in [6, 6.07) is 3.26. The van der Waals surface area contributed by atoms with Crippen LogP contribution in [-0.2, 0) is 0 Å². The number of benzene rings is 1. The number of aromatic hydroxyl groups is 2. The first-order chi connectivity index (χ1) is 6.61. The smallest absolute Gasteiger partial charge is 0.131 e. The number of nitrogens with zero attached hydrogens (tertiary/aromatic N) is 1. The van der Waals surface area contributed by atoms with Gasteiger partial charge >= 0.3 is 0 Å². The molecule has 0 fully saturated rings. The van der Waals surface area contributed by atoms with Gasteiger partial charge in [0.05, 0.1) is 0 Å². The van der Waals surface area contributed by atoms with Crippen molar-refractivity contribution in [3.63, 3.8) is 0 Å². The molecule has 0 spiro atoms. The van der Waals surface area contributed by atoms with Gasteiger partial charge in [-0.15, -0.1) is 0 Å². The van der Waals surface area contributed by atoms with Gasteiger partial charge in [0.25, 0.3) is 0 Å². The van der Waals surface area contributed by atoms with Crippen LogP contribution >= 0.6 is 0 Å². The maximum Gasteiger partial charge on any atom is 0.131 e. The van der Waals surface area contributed by atoms with Crippen molar-refractivity contribution < 1.29 is 10.2 Å². The first kappa shape index (κ1) is 10.6. The zero-order valence-corrected chi connectivity index (χ0v) is 8.70. The monoisotopic (exact) mass is 193 g/mol. The van der Waals surface area contributed by atoms with E-state index in [1.807, 2.05) is 6.92 Å². The molecule has 76 valence electrons. The van der Waals surface area contributed by atoms with Crippen LogP contribution in [0, 0.1) is 6.92 Å². The highest BCUT2D eigenvalue weighted by atomic mass is 16.3. The molecule has 0 aliphatic rings. The summed E-state index contributed by atoms with van der Waals surface area (Å²) in [5.74, 6) is 0.227. The predicted octanol–water partition coefficient (Wildman–Crippen LogP) is 2.24. The number of hydrogen-bond donors (Lipinski definition) is 2. The van der Waals surface area contributed by atoms with E-state index >= 15 is 0 Å². The molecule has 0 saturated heterocycles. The van der Waals surface area contributed by atoms with E-state index in [0.29, 0.717) is 11.1 Å². The molecular formula is C11H15NO2. The molecule has 2 N–H and O–H groups in total. The van der Waals surface area contributed by atoms with Crippen molar-refractivity contribution in [3.05, 3.63) is 23.3 Å². The molecule has 0 heterocycles. The Kier molecular flexibility index (Phi) is 3.12. The van der Waals surface area contributed by atoms with E-state index in [-0.39, 0.29) is 11.5 Å². The minimum atomic E-state index is 0.109. The summed E-state index contributed by atoms with van der Waals surface area (Å²) in [6.07, 6.45) is 0.758. The predicted molar refractivity (Wildman–Crippen MR) is 57.3 cm³/mol. The Balaban J connectivity index is 3.30. The Labute approximate surface area is 83.7 Å². The minimum absolute atomic E-state index is 0.109. The van der Waals surface area contributed by atoms with Gasteiger partial charge < -0.3 is 10.2 Å². The van der Waals surface area contributed by atoms with Gasteiger partial charge in [-0.1, -0.05) is 6.92 Å². The maximum absolute atomic E-state index is 9.77. The van der Waals surface area contributed by atoms with Crippen LogP contribution in [0.4, 0.5) is 0 Å². The molecule has 1 aromatic carbocycles. The zero-order valence-electron chi connectivity index (χ0n) is 8.70. The van der Waals surface area contributed by atoms with Crippen molar-refractivity contribution in [3.8, 4) is 11.5 Å². The normalized spacial score (nSPS) is 11.8. The lowest BCUT2D eigenvalue weighted by Crippen LogP contribution is -2.00. The van der Waals surface area contributed by atoms with Crippen molar-refractivity contribution in [1.29, 1.82) is 0 Å². The van der Waals surface area contributed by atoms with E-state index in [1.54, 1.807) is 26.1 Å². The van der Waals surface area contributed by atoms with E-state index in [4.69, 9.17) is 0 Å². The molecule has 3 nitrogen and oxygen atoms in total. The molecule has 3 heteroatoms. The molecule has 0 unspecified atom stereocenters. The van der Waals surface area contributed by atoms with Crippen LogP contribution in [0.15, 0.2) is 17.1 Å². The Bertz CT molecular complexity index is 370. The number of hydrogen-bond acceptors (Lipinski definition) is 3. The Hall–Kier alpha value is -1.51. The van der Waals surface area contributed by atoms with Crippen molar-refractivity contribution in [2.24, 2.45) is 4.99 Å². The molecule has 0 bridgehead atoms. The molecule has 1 aromatic rings. The van der Waals surface area contributed by atoms with E-state index < -0.39 is 0 Å². The number of aliphatic imine (C=N–C) groups is 1. The molecule has 0 aliphatic heterocycles. The van der Waals surface area contributed by atoms with Gasteiger partial charge in [0, 0.05) is 23.9 Å². The molecule has 0 saturated carbocycles. The molecular weight excluding hydrogens is 178 g/mol. The van der Waals surface area contributed by atoms with Gasteiger partial charge in [-0.2, -0.15) is 0 Å². The van der Waals surface area contributed by atoms with E-state index in [1.165, 1.54) is 0 Å². The maximum atomic E-state index is 9.77. The van der Waals surface area contributed by atoms with Crippen LogP contribution in [0.3, 0.4) is 0 Å². The first-order valence-electron chi connectivity index (χ1n) is 4.59. The van der Waals surface area contributed by atoms with E-state index in [9.17, 15) is 10.2 Å². The third-order valence-electron chi connectivity index (χ3n) is 2.32. The molecule has 0 amide bonds. The Morgan fingerprint density at radius 1 is 1.36 bits per heavy atom. The van der Waals surface area contributed by atoms with Gasteiger partial charge in [-0.3, -0.25) is 4.99 Å². The summed E-state index contributed by atoms with van der Waals surface area (Å²) in [5.41, 5.74) is 2.04. The first-order valence-corrected chi connectivity index (χ1v) is 4.59. The lowest BCUT2D eigenvalue weighted by Gasteiger charge is -2.09. The fourth-order valence-corrected chi connectivity index (χ4v) is 1.39. The molecule has 0 aliphatic carbocycles. The quantitative estimate of drug-likeness (QED) is 0.708. The van der Waals surface area contributed by atoms with Crippen LogP contribution in [0.1, 0.15) is 24.5 Å². The number of rotatable bonds is 2. The van der Waals surface area contributed by atoms with Crippen LogP contribution in [0.25, 0.3) is 0 Å². The molecule has 0 atom stereocenters. The summed E-state index contributed by atoms with van der Waals surface area (Å²) in [6.45, 7) is 3.65. The SMILES string of the molecule is CCC(=NC)c1ccc(O)c(C)c1O. The Morgan fingerprint density at radius 2 is 2.00 bits per heavy atom. The average Bonchev–Trinajstić information content (AvgIpc) is 2.19. The van der Waals surface area contributed by atoms with Crippen LogP contribution < -0.4 is 0 Å². The topological polar surface area (TPSA) is 52.8 Å². The second-order valence-corrected chi connectivity index (χ2v) is 3.13. The van der Waals surface area contributed by atoms with Crippen molar-refractivity contribution in [1.82, 2.24) is 0 Å². The van der Waals surface area contributed by atoms with Crippen LogP contribution in [0.2, 0.25) is 0 Å². The van der Waals surface area contributed by atoms with E-state index in [2.05, 4.69) is 4.99 Å². The summed E-state index contributed by atoms with van der Waals surface area (Å²) in [5, 5.41) is 19.1. The van der Waals surface area contributed by atoms with Gasteiger partial charge in [0.1, 0.15) is 11.5 Å². The average molecular weight is 193 g/mol. The second kappa shape index (κ2) is 4.13. The van der Waals surface area contributed by atoms with E-state index in [0.717, 1.165) is 12.1 Å². The fraction of sp³-hybridized carbons (Fsp3) is 0.364. The molecule has 1 rings (SSSR count). The van der Waals surface area contributed by atoms with Gasteiger partial charge in [-0.25, -0.2) is 0 Å². The number of phenols is 2. The summed E-state index contributed by atoms with van der Waals surface area (Å²) >= 11 is 0. The summed E-state index contributed by atoms with van der Waals surface area (Å²) in [4.78, 5) is 4.08. The standard InChI is InChI=1S/C11H15NO2/c1-4-9(12-3)8-5-6-10(13)7(2)11(8)14/h5-6,13-14H,4H2,1-3H3. The van der Waals surface area contributed by atoms with Gasteiger partial charge in [0.15, 0.2) is 0 Å². The van der Waals surface area contributed by atoms with Gasteiger partial charge in [-0.05, 0) is 25.5 Å². The highest BCUT2D eigenvalue weighted by Crippen LogP contribution is 2.30. The third-order valence-corrected chi connectivity index (χ3v) is 2.32. The molecule has 0 radical (unpaired) electrons. The molecule has 14 heavy (non-hydrogen) atoms. The summed E-state index contributed by atoms with van der Waals surface area (Å²) < 4.78 is 0. The largest absolute Gasteiger partial charge is 0.508 e. The number of phenolic OH excluding ortho intramolecular Hbond substituents is 2. The second-order valence-electron chi connectivity index (χ2n) is 3.13. The fourth-order valence-electron chi connectivity index (χ4n) is 1.39. The zero-order chi connectivity index (χ0) is 10.7. The lowest BCUT2D eigenvalue weighted by atomic mass is 10.0. The van der Waals surface area contributed by atoms with Crippen LogP contribution in [-0.4, -0.2) is 23.0 Å². The third kappa shape index (κ3) is 1.71. The van der Waals surface area contributed by atoms with Crippen molar-refractivity contribution >= 4 is 5.71 Å². The lowest BCUT2D eigenvalue weighted by molar-refractivity contribution is 0.442. The Morgan fingerprint density at radius 3 is 2.50 bits per heavy atom.